The Hall–Kier alpha value is -2.08. The summed E-state index contributed by atoms with van der Waals surface area (Å²) in [5.74, 6) is -0.974. The number of anilines is 2. The van der Waals surface area contributed by atoms with Crippen molar-refractivity contribution in [3.63, 3.8) is 0 Å². The Morgan fingerprint density at radius 3 is 2.94 bits per heavy atom. The van der Waals surface area contributed by atoms with E-state index in [1.165, 1.54) is 24.4 Å². The highest BCUT2D eigenvalue weighted by Gasteiger charge is 2.15. The van der Waals surface area contributed by atoms with Gasteiger partial charge in [0.1, 0.15) is 5.82 Å². The Bertz CT molecular complexity index is 569. The van der Waals surface area contributed by atoms with Crippen LogP contribution in [0.5, 0.6) is 0 Å². The van der Waals surface area contributed by atoms with Crippen LogP contribution in [0, 0.1) is 5.82 Å². The second kappa shape index (κ2) is 4.42. The third kappa shape index (κ3) is 2.21. The number of H-pyrrole nitrogens is 1. The number of aromatic amines is 1. The predicted octanol–water partition coefficient (Wildman–Crippen LogP) is 2.04. The maximum absolute atomic E-state index is 13.1. The minimum absolute atomic E-state index is 0.0284. The molecule has 0 aliphatic rings. The number of halogens is 2. The van der Waals surface area contributed by atoms with Crippen LogP contribution in [-0.4, -0.2) is 16.1 Å². The van der Waals surface area contributed by atoms with Crippen molar-refractivity contribution in [2.75, 3.05) is 11.1 Å². The Labute approximate surface area is 101 Å². The number of hydrogen-bond acceptors (Lipinski definition) is 3. The highest BCUT2D eigenvalue weighted by atomic mass is 35.5. The molecule has 88 valence electrons. The number of benzene rings is 1. The lowest BCUT2D eigenvalue weighted by Gasteiger charge is -2.05. The highest BCUT2D eigenvalue weighted by Crippen LogP contribution is 2.21. The molecule has 0 saturated heterocycles. The third-order valence-electron chi connectivity index (χ3n) is 2.10. The first-order chi connectivity index (χ1) is 8.09. The van der Waals surface area contributed by atoms with Crippen LogP contribution in [0.15, 0.2) is 24.4 Å². The zero-order valence-corrected chi connectivity index (χ0v) is 9.25. The van der Waals surface area contributed by atoms with Gasteiger partial charge in [0, 0.05) is 0 Å². The van der Waals surface area contributed by atoms with Crippen molar-refractivity contribution in [2.24, 2.45) is 0 Å². The van der Waals surface area contributed by atoms with Gasteiger partial charge in [-0.1, -0.05) is 17.7 Å². The minimum atomic E-state index is -0.656. The van der Waals surface area contributed by atoms with E-state index in [1.54, 1.807) is 0 Å². The zero-order chi connectivity index (χ0) is 12.4. The molecule has 0 spiro atoms. The van der Waals surface area contributed by atoms with E-state index in [-0.39, 0.29) is 22.1 Å². The van der Waals surface area contributed by atoms with Gasteiger partial charge in [0.25, 0.3) is 5.91 Å². The van der Waals surface area contributed by atoms with E-state index in [0.29, 0.717) is 0 Å². The summed E-state index contributed by atoms with van der Waals surface area (Å²) in [6.07, 6.45) is 1.35. The van der Waals surface area contributed by atoms with E-state index >= 15 is 0 Å². The monoisotopic (exact) mass is 254 g/mol. The molecule has 1 aromatic heterocycles. The molecule has 0 aliphatic heterocycles. The summed E-state index contributed by atoms with van der Waals surface area (Å²) in [5, 5.41) is 8.34. The molecule has 0 unspecified atom stereocenters. The first-order valence-corrected chi connectivity index (χ1v) is 5.01. The van der Waals surface area contributed by atoms with Crippen molar-refractivity contribution in [1.82, 2.24) is 10.2 Å². The normalized spacial score (nSPS) is 10.2. The van der Waals surface area contributed by atoms with Gasteiger partial charge in [0.2, 0.25) is 0 Å². The fourth-order valence-electron chi connectivity index (χ4n) is 1.26. The Balaban J connectivity index is 2.27. The molecular weight excluding hydrogens is 247 g/mol. The molecule has 1 heterocycles. The van der Waals surface area contributed by atoms with Crippen molar-refractivity contribution in [3.8, 4) is 0 Å². The molecule has 2 rings (SSSR count). The van der Waals surface area contributed by atoms with Crippen LogP contribution in [0.2, 0.25) is 5.02 Å². The number of nitrogens with two attached hydrogens (primary N) is 1. The molecular formula is C10H8ClFN4O. The Morgan fingerprint density at radius 1 is 1.53 bits per heavy atom. The zero-order valence-electron chi connectivity index (χ0n) is 8.50. The minimum Gasteiger partial charge on any atom is -0.394 e. The van der Waals surface area contributed by atoms with E-state index in [2.05, 4.69) is 15.5 Å². The predicted molar refractivity (Wildman–Crippen MR) is 62.4 cm³/mol. The number of rotatable bonds is 2. The summed E-state index contributed by atoms with van der Waals surface area (Å²) < 4.78 is 13.1. The smallest absolute Gasteiger partial charge is 0.258 e. The standard InChI is InChI=1S/C10H8ClFN4O/c11-8-5(2-1-3-6(8)12)10(17)15-9-7(13)4-14-16-9/h1-4H,13H2,(H2,14,15,16,17). The quantitative estimate of drug-likeness (QED) is 0.767. The van der Waals surface area contributed by atoms with Gasteiger partial charge >= 0.3 is 0 Å². The fourth-order valence-corrected chi connectivity index (χ4v) is 1.47. The molecule has 0 atom stereocenters. The number of amides is 1. The maximum Gasteiger partial charge on any atom is 0.258 e. The second-order valence-electron chi connectivity index (χ2n) is 3.26. The lowest BCUT2D eigenvalue weighted by atomic mass is 10.2. The van der Waals surface area contributed by atoms with Crippen LogP contribution < -0.4 is 11.1 Å². The van der Waals surface area contributed by atoms with Crippen molar-refractivity contribution < 1.29 is 9.18 Å². The van der Waals surface area contributed by atoms with Gasteiger partial charge in [-0.25, -0.2) is 4.39 Å². The van der Waals surface area contributed by atoms with E-state index in [4.69, 9.17) is 17.3 Å². The van der Waals surface area contributed by atoms with Crippen molar-refractivity contribution >= 4 is 29.0 Å². The summed E-state index contributed by atoms with van der Waals surface area (Å²) in [4.78, 5) is 11.8. The number of carbonyl (C=O) groups excluding carboxylic acids is 1. The van der Waals surface area contributed by atoms with E-state index in [1.807, 2.05) is 0 Å². The molecule has 7 heteroatoms. The molecule has 0 bridgehead atoms. The number of nitrogen functional groups attached to an aromatic ring is 1. The first kappa shape index (κ1) is 11.4. The number of hydrogen-bond donors (Lipinski definition) is 3. The summed E-state index contributed by atoms with van der Waals surface area (Å²) >= 11 is 5.68. The van der Waals surface area contributed by atoms with Crippen LogP contribution in [0.3, 0.4) is 0 Å². The average molecular weight is 255 g/mol. The molecule has 0 radical (unpaired) electrons. The first-order valence-electron chi connectivity index (χ1n) is 4.64. The number of nitrogens with one attached hydrogen (secondary N) is 2. The molecule has 17 heavy (non-hydrogen) atoms. The molecule has 1 amide bonds. The Kier molecular flexibility index (Phi) is 2.97. The number of aromatic nitrogens is 2. The lowest BCUT2D eigenvalue weighted by Crippen LogP contribution is -2.14. The van der Waals surface area contributed by atoms with Crippen molar-refractivity contribution in [2.45, 2.75) is 0 Å². The maximum atomic E-state index is 13.1. The van der Waals surface area contributed by atoms with Gasteiger partial charge < -0.3 is 11.1 Å². The average Bonchev–Trinajstić information content (AvgIpc) is 2.68. The fraction of sp³-hybridized carbons (Fsp3) is 0. The molecule has 0 aliphatic carbocycles. The number of nitrogens with zero attached hydrogens (tertiary/aromatic N) is 1. The molecule has 0 fully saturated rings. The van der Waals surface area contributed by atoms with Gasteiger partial charge in [-0.3, -0.25) is 9.89 Å². The van der Waals surface area contributed by atoms with Gasteiger partial charge in [-0.05, 0) is 12.1 Å². The van der Waals surface area contributed by atoms with E-state index in [9.17, 15) is 9.18 Å². The molecule has 5 nitrogen and oxygen atoms in total. The van der Waals surface area contributed by atoms with Gasteiger partial charge in [0.05, 0.1) is 22.5 Å². The van der Waals surface area contributed by atoms with Crippen LogP contribution in [0.1, 0.15) is 10.4 Å². The van der Waals surface area contributed by atoms with E-state index in [0.717, 1.165) is 0 Å². The second-order valence-corrected chi connectivity index (χ2v) is 3.63. The van der Waals surface area contributed by atoms with Crippen LogP contribution in [-0.2, 0) is 0 Å². The van der Waals surface area contributed by atoms with Crippen LogP contribution in [0.25, 0.3) is 0 Å². The SMILES string of the molecule is Nc1cn[nH]c1NC(=O)c1cccc(F)c1Cl. The summed E-state index contributed by atoms with van der Waals surface area (Å²) in [5.41, 5.74) is 5.83. The third-order valence-corrected chi connectivity index (χ3v) is 2.49. The molecule has 0 saturated carbocycles. The largest absolute Gasteiger partial charge is 0.394 e. The van der Waals surface area contributed by atoms with Crippen molar-refractivity contribution in [1.29, 1.82) is 0 Å². The number of carbonyl (C=O) groups is 1. The Morgan fingerprint density at radius 2 is 2.29 bits per heavy atom. The topological polar surface area (TPSA) is 83.8 Å². The highest BCUT2D eigenvalue weighted by molar-refractivity contribution is 6.34. The van der Waals surface area contributed by atoms with Gasteiger partial charge in [-0.2, -0.15) is 5.10 Å². The van der Waals surface area contributed by atoms with Gasteiger partial charge in [0.15, 0.2) is 5.82 Å². The van der Waals surface area contributed by atoms with E-state index < -0.39 is 11.7 Å². The molecule has 1 aromatic carbocycles. The summed E-state index contributed by atoms with van der Waals surface area (Å²) in [6, 6.07) is 3.98. The van der Waals surface area contributed by atoms with Gasteiger partial charge in [-0.15, -0.1) is 0 Å². The van der Waals surface area contributed by atoms with Crippen LogP contribution >= 0.6 is 11.6 Å². The summed E-state index contributed by atoms with van der Waals surface area (Å²) in [7, 11) is 0. The van der Waals surface area contributed by atoms with Crippen molar-refractivity contribution in [3.05, 3.63) is 40.8 Å². The molecule has 4 N–H and O–H groups in total. The van der Waals surface area contributed by atoms with Crippen LogP contribution in [0.4, 0.5) is 15.9 Å². The molecule has 2 aromatic rings. The summed E-state index contributed by atoms with van der Waals surface area (Å²) in [6.45, 7) is 0. The lowest BCUT2D eigenvalue weighted by molar-refractivity contribution is 0.102.